The summed E-state index contributed by atoms with van der Waals surface area (Å²) in [5.74, 6) is -0.953. The molecule has 0 unspecified atom stereocenters. The highest BCUT2D eigenvalue weighted by molar-refractivity contribution is 6.03. The van der Waals surface area contributed by atoms with Crippen LogP contribution < -0.4 is 20.5 Å². The molecule has 9 nitrogen and oxygen atoms in total. The van der Waals surface area contributed by atoms with Crippen molar-refractivity contribution in [3.8, 4) is 11.5 Å². The number of methoxy groups -OCH3 is 1. The van der Waals surface area contributed by atoms with Crippen LogP contribution in [0.5, 0.6) is 11.5 Å². The zero-order valence-electron chi connectivity index (χ0n) is 13.2. The van der Waals surface area contributed by atoms with E-state index in [1.807, 2.05) is 0 Å². The smallest absolute Gasteiger partial charge is 0.311 e. The number of nitrogens with two attached hydrogens (primary N) is 1. The molecule has 0 radical (unpaired) electrons. The summed E-state index contributed by atoms with van der Waals surface area (Å²) >= 11 is 0. The topological polar surface area (TPSA) is 134 Å². The molecule has 0 spiro atoms. The molecule has 0 aliphatic rings. The van der Waals surface area contributed by atoms with Gasteiger partial charge in [0.2, 0.25) is 5.75 Å². The summed E-state index contributed by atoms with van der Waals surface area (Å²) in [5, 5.41) is 13.3. The zero-order chi connectivity index (χ0) is 18.4. The number of nitrogens with zero attached hydrogens (tertiary/aromatic N) is 1. The van der Waals surface area contributed by atoms with E-state index in [0.29, 0.717) is 0 Å². The number of rotatable bonds is 7. The van der Waals surface area contributed by atoms with Crippen molar-refractivity contribution in [2.75, 3.05) is 19.0 Å². The Morgan fingerprint density at radius 2 is 1.96 bits per heavy atom. The normalized spacial score (nSPS) is 9.96. The molecule has 0 fully saturated rings. The number of para-hydroxylation sites is 1. The van der Waals surface area contributed by atoms with Gasteiger partial charge in [-0.25, -0.2) is 0 Å². The van der Waals surface area contributed by atoms with Crippen LogP contribution >= 0.6 is 0 Å². The van der Waals surface area contributed by atoms with Gasteiger partial charge in [0.25, 0.3) is 11.8 Å². The Balaban J connectivity index is 2.03. The molecule has 0 aromatic heterocycles. The van der Waals surface area contributed by atoms with Gasteiger partial charge in [-0.2, -0.15) is 0 Å². The molecular weight excluding hydrogens is 330 g/mol. The average molecular weight is 345 g/mol. The Morgan fingerprint density at radius 3 is 2.60 bits per heavy atom. The molecule has 0 aliphatic heterocycles. The lowest BCUT2D eigenvalue weighted by Crippen LogP contribution is -2.22. The Labute approximate surface area is 142 Å². The Morgan fingerprint density at radius 1 is 1.24 bits per heavy atom. The average Bonchev–Trinajstić information content (AvgIpc) is 2.59. The summed E-state index contributed by atoms with van der Waals surface area (Å²) < 4.78 is 10.2. The third-order valence-electron chi connectivity index (χ3n) is 3.18. The number of ether oxygens (including phenoxy) is 2. The third-order valence-corrected chi connectivity index (χ3v) is 3.18. The predicted molar refractivity (Wildman–Crippen MR) is 88.7 cm³/mol. The predicted octanol–water partition coefficient (Wildman–Crippen LogP) is 1.72. The van der Waals surface area contributed by atoms with Crippen LogP contribution in [0.3, 0.4) is 0 Å². The number of hydrogen-bond acceptors (Lipinski definition) is 6. The monoisotopic (exact) mass is 345 g/mol. The summed E-state index contributed by atoms with van der Waals surface area (Å²) in [6, 6.07) is 10.2. The van der Waals surface area contributed by atoms with Crippen LogP contribution in [0.25, 0.3) is 0 Å². The van der Waals surface area contributed by atoms with Crippen LogP contribution in [-0.2, 0) is 4.79 Å². The molecule has 3 N–H and O–H groups in total. The van der Waals surface area contributed by atoms with Crippen molar-refractivity contribution in [1.29, 1.82) is 0 Å². The molecule has 0 heterocycles. The van der Waals surface area contributed by atoms with E-state index in [9.17, 15) is 19.7 Å². The Bertz CT molecular complexity index is 821. The lowest BCUT2D eigenvalue weighted by atomic mass is 10.1. The second-order valence-electron chi connectivity index (χ2n) is 4.84. The number of nitro groups is 1. The lowest BCUT2D eigenvalue weighted by molar-refractivity contribution is -0.385. The summed E-state index contributed by atoms with van der Waals surface area (Å²) in [4.78, 5) is 33.5. The van der Waals surface area contributed by atoms with Gasteiger partial charge in [0.15, 0.2) is 6.61 Å². The van der Waals surface area contributed by atoms with Gasteiger partial charge < -0.3 is 20.5 Å². The van der Waals surface area contributed by atoms with Gasteiger partial charge >= 0.3 is 5.69 Å². The van der Waals surface area contributed by atoms with E-state index in [-0.39, 0.29) is 35.0 Å². The fourth-order valence-corrected chi connectivity index (χ4v) is 2.04. The van der Waals surface area contributed by atoms with Crippen molar-refractivity contribution < 1.29 is 24.0 Å². The number of nitrogens with one attached hydrogen (secondary N) is 1. The number of hydrogen-bond donors (Lipinski definition) is 2. The van der Waals surface area contributed by atoms with Crippen molar-refractivity contribution in [1.82, 2.24) is 0 Å². The van der Waals surface area contributed by atoms with Gasteiger partial charge in [-0.3, -0.25) is 19.7 Å². The largest absolute Gasteiger partial charge is 0.490 e. The second kappa shape index (κ2) is 7.77. The number of carbonyl (C=O) groups is 2. The van der Waals surface area contributed by atoms with Gasteiger partial charge in [-0.05, 0) is 18.2 Å². The number of primary amides is 1. The molecule has 0 aliphatic carbocycles. The minimum absolute atomic E-state index is 0.0157. The first kappa shape index (κ1) is 17.7. The standard InChI is InChI=1S/C16H15N3O6/c1-24-14-8-10(6-7-13(14)19(22)23)25-9-15(20)18-12-5-3-2-4-11(12)16(17)21/h2-8H,9H2,1H3,(H2,17,21)(H,18,20). The van der Waals surface area contributed by atoms with Crippen molar-refractivity contribution in [3.05, 3.63) is 58.1 Å². The molecule has 2 aromatic carbocycles. The molecule has 2 rings (SSSR count). The summed E-state index contributed by atoms with van der Waals surface area (Å²) in [7, 11) is 1.29. The van der Waals surface area contributed by atoms with E-state index in [2.05, 4.69) is 5.32 Å². The molecule has 130 valence electrons. The number of nitro benzene ring substituents is 1. The molecule has 2 aromatic rings. The van der Waals surface area contributed by atoms with E-state index in [1.54, 1.807) is 12.1 Å². The van der Waals surface area contributed by atoms with Crippen LogP contribution in [-0.4, -0.2) is 30.5 Å². The maximum absolute atomic E-state index is 12.0. The van der Waals surface area contributed by atoms with Gasteiger partial charge in [-0.1, -0.05) is 12.1 Å². The van der Waals surface area contributed by atoms with E-state index in [1.165, 1.54) is 37.4 Å². The number of amides is 2. The summed E-state index contributed by atoms with van der Waals surface area (Å²) in [5.41, 5.74) is 5.46. The fourth-order valence-electron chi connectivity index (χ4n) is 2.04. The minimum atomic E-state index is -0.670. The molecule has 2 amide bonds. The van der Waals surface area contributed by atoms with E-state index in [0.717, 1.165) is 0 Å². The molecule has 0 saturated heterocycles. The third kappa shape index (κ3) is 4.44. The van der Waals surface area contributed by atoms with E-state index >= 15 is 0 Å². The molecule has 25 heavy (non-hydrogen) atoms. The van der Waals surface area contributed by atoms with Crippen molar-refractivity contribution in [3.63, 3.8) is 0 Å². The van der Waals surface area contributed by atoms with Gasteiger partial charge in [0, 0.05) is 12.1 Å². The minimum Gasteiger partial charge on any atom is -0.490 e. The second-order valence-corrected chi connectivity index (χ2v) is 4.84. The lowest BCUT2D eigenvalue weighted by Gasteiger charge is -2.10. The van der Waals surface area contributed by atoms with Gasteiger partial charge in [-0.15, -0.1) is 0 Å². The number of carbonyl (C=O) groups excluding carboxylic acids is 2. The van der Waals surface area contributed by atoms with Crippen LogP contribution in [0.4, 0.5) is 11.4 Å². The van der Waals surface area contributed by atoms with E-state index < -0.39 is 16.7 Å². The molecule has 0 bridgehead atoms. The van der Waals surface area contributed by atoms with Gasteiger partial charge in [0.05, 0.1) is 23.3 Å². The van der Waals surface area contributed by atoms with Gasteiger partial charge in [0.1, 0.15) is 5.75 Å². The van der Waals surface area contributed by atoms with Crippen molar-refractivity contribution >= 4 is 23.2 Å². The fraction of sp³-hybridized carbons (Fsp3) is 0.125. The first-order valence-electron chi connectivity index (χ1n) is 7.06. The molecule has 9 heteroatoms. The summed E-state index contributed by atoms with van der Waals surface area (Å²) in [6.07, 6.45) is 0. The maximum atomic E-state index is 12.0. The highest BCUT2D eigenvalue weighted by atomic mass is 16.6. The van der Waals surface area contributed by atoms with E-state index in [4.69, 9.17) is 15.2 Å². The SMILES string of the molecule is COc1cc(OCC(=O)Nc2ccccc2C(N)=O)ccc1[N+](=O)[O-]. The van der Waals surface area contributed by atoms with Crippen LogP contribution in [0.15, 0.2) is 42.5 Å². The van der Waals surface area contributed by atoms with Crippen molar-refractivity contribution in [2.45, 2.75) is 0 Å². The highest BCUT2D eigenvalue weighted by Crippen LogP contribution is 2.30. The first-order chi connectivity index (χ1) is 11.9. The molecule has 0 saturated carbocycles. The number of anilines is 1. The van der Waals surface area contributed by atoms with Crippen LogP contribution in [0.1, 0.15) is 10.4 Å². The molecule has 0 atom stereocenters. The van der Waals surface area contributed by atoms with Crippen molar-refractivity contribution in [2.24, 2.45) is 5.73 Å². The van der Waals surface area contributed by atoms with Crippen LogP contribution in [0, 0.1) is 10.1 Å². The highest BCUT2D eigenvalue weighted by Gasteiger charge is 2.16. The number of benzene rings is 2. The maximum Gasteiger partial charge on any atom is 0.311 e. The zero-order valence-corrected chi connectivity index (χ0v) is 13.2. The Kier molecular flexibility index (Phi) is 5.51. The molecular formula is C16H15N3O6. The first-order valence-corrected chi connectivity index (χ1v) is 7.06. The van der Waals surface area contributed by atoms with Crippen LogP contribution in [0.2, 0.25) is 0 Å². The Hall–Kier alpha value is -3.62. The quantitative estimate of drug-likeness (QED) is 0.579. The summed E-state index contributed by atoms with van der Waals surface area (Å²) in [6.45, 7) is -0.367.